The Labute approximate surface area is 247 Å². The van der Waals surface area contributed by atoms with Gasteiger partial charge in [-0.1, -0.05) is 64.5 Å². The number of carbonyl (C=O) groups is 2. The van der Waals surface area contributed by atoms with Gasteiger partial charge in [0.2, 0.25) is 5.91 Å². The third kappa shape index (κ3) is 10.2. The first-order valence-corrected chi connectivity index (χ1v) is 15.0. The molecule has 1 aromatic heterocycles. The number of nitrogens with one attached hydrogen (secondary N) is 3. The van der Waals surface area contributed by atoms with Gasteiger partial charge in [0.25, 0.3) is 5.91 Å². The molecule has 0 aromatic carbocycles. The third-order valence-electron chi connectivity index (χ3n) is 7.17. The zero-order valence-corrected chi connectivity index (χ0v) is 26.2. The molecule has 1 aliphatic heterocycles. The molecule has 1 aliphatic carbocycles. The van der Waals surface area contributed by atoms with E-state index in [0.29, 0.717) is 35.8 Å². The monoisotopic (exact) mass is 562 g/mol. The molecule has 0 unspecified atom stereocenters. The summed E-state index contributed by atoms with van der Waals surface area (Å²) >= 11 is 0. The number of allylic oxidation sites excluding steroid dienone is 4. The normalized spacial score (nSPS) is 16.7. The summed E-state index contributed by atoms with van der Waals surface area (Å²) in [5.41, 5.74) is 6.50. The van der Waals surface area contributed by atoms with E-state index in [2.05, 4.69) is 60.4 Å². The molecule has 1 spiro atoms. The van der Waals surface area contributed by atoms with E-state index in [1.165, 1.54) is 24.0 Å². The molecule has 1 saturated carbocycles. The quantitative estimate of drug-likeness (QED) is 0.194. The minimum Gasteiger partial charge on any atom is -0.370 e. The van der Waals surface area contributed by atoms with Gasteiger partial charge in [0.15, 0.2) is 0 Å². The molecule has 2 amide bonds. The van der Waals surface area contributed by atoms with Crippen molar-refractivity contribution >= 4 is 23.2 Å². The van der Waals surface area contributed by atoms with E-state index in [0.717, 1.165) is 36.8 Å². The number of likely N-dealkylation sites (N-methyl/N-ethyl adjacent to an activating group) is 1. The van der Waals surface area contributed by atoms with Crippen molar-refractivity contribution in [2.45, 2.75) is 92.6 Å². The lowest BCUT2D eigenvalue weighted by Gasteiger charge is -2.44. The molecule has 1 fully saturated rings. The molecule has 1 aromatic rings. The molecule has 224 valence electrons. The summed E-state index contributed by atoms with van der Waals surface area (Å²) in [5, 5.41) is 8.74. The lowest BCUT2D eigenvalue weighted by molar-refractivity contribution is -0.115. The Kier molecular flexibility index (Phi) is 13.9. The Bertz CT molecular complexity index is 1200. The number of ether oxygens (including phenoxy) is 1. The number of pyridine rings is 1. The Balaban J connectivity index is 0.00000187. The van der Waals surface area contributed by atoms with Crippen LogP contribution in [0.2, 0.25) is 0 Å². The molecule has 41 heavy (non-hydrogen) atoms. The average molecular weight is 563 g/mol. The molecule has 7 nitrogen and oxygen atoms in total. The van der Waals surface area contributed by atoms with Gasteiger partial charge in [-0.25, -0.2) is 0 Å². The highest BCUT2D eigenvalue weighted by Gasteiger charge is 2.39. The van der Waals surface area contributed by atoms with E-state index < -0.39 is 0 Å². The van der Waals surface area contributed by atoms with Crippen LogP contribution in [0.4, 0.5) is 11.4 Å². The highest BCUT2D eigenvalue weighted by Crippen LogP contribution is 2.42. The van der Waals surface area contributed by atoms with E-state index in [-0.39, 0.29) is 24.0 Å². The largest absolute Gasteiger partial charge is 0.370 e. The second-order valence-electron chi connectivity index (χ2n) is 10.8. The van der Waals surface area contributed by atoms with Crippen LogP contribution < -0.4 is 16.0 Å². The first kappa shape index (κ1) is 33.9. The molecule has 3 rings (SSSR count). The summed E-state index contributed by atoms with van der Waals surface area (Å²) in [5.74, 6) is -0.427. The van der Waals surface area contributed by atoms with Crippen LogP contribution in [0.1, 0.15) is 85.8 Å². The summed E-state index contributed by atoms with van der Waals surface area (Å²) < 4.78 is 6.25. The SMILES string of the molecule is C=C(C)C(=C\C(=C/C)C(=O)Nc1cc(NC(=O)CNCC)cnc1C)/C=C(\CC)C1=CCC2(CCC2)OC1.CCC. The third-order valence-corrected chi connectivity index (χ3v) is 7.17. The van der Waals surface area contributed by atoms with Crippen LogP contribution in [0.25, 0.3) is 0 Å². The smallest absolute Gasteiger partial charge is 0.255 e. The van der Waals surface area contributed by atoms with Crippen molar-refractivity contribution < 1.29 is 14.3 Å². The number of carbonyl (C=O) groups excluding carboxylic acids is 2. The topological polar surface area (TPSA) is 92.4 Å². The van der Waals surface area contributed by atoms with Crippen LogP contribution in [-0.4, -0.2) is 42.1 Å². The first-order chi connectivity index (χ1) is 19.6. The molecule has 3 N–H and O–H groups in total. The van der Waals surface area contributed by atoms with Gasteiger partial charge in [-0.3, -0.25) is 14.6 Å². The Hall–Kier alpha value is -3.29. The fraction of sp³-hybridized carbons (Fsp3) is 0.500. The summed E-state index contributed by atoms with van der Waals surface area (Å²) in [6, 6.07) is 1.72. The van der Waals surface area contributed by atoms with E-state index in [1.807, 2.05) is 33.8 Å². The number of hydrogen-bond donors (Lipinski definition) is 3. The van der Waals surface area contributed by atoms with Crippen LogP contribution in [0, 0.1) is 6.92 Å². The number of rotatable bonds is 11. The van der Waals surface area contributed by atoms with Crippen LogP contribution in [-0.2, 0) is 14.3 Å². The highest BCUT2D eigenvalue weighted by atomic mass is 16.5. The van der Waals surface area contributed by atoms with Crippen LogP contribution in [0.15, 0.2) is 71.0 Å². The second kappa shape index (κ2) is 16.8. The molecule has 2 heterocycles. The number of hydrogen-bond acceptors (Lipinski definition) is 5. The van der Waals surface area contributed by atoms with Crippen molar-refractivity contribution in [3.63, 3.8) is 0 Å². The summed E-state index contributed by atoms with van der Waals surface area (Å²) in [4.78, 5) is 29.7. The highest BCUT2D eigenvalue weighted by molar-refractivity contribution is 6.06. The van der Waals surface area contributed by atoms with Crippen molar-refractivity contribution in [3.05, 3.63) is 76.7 Å². The van der Waals surface area contributed by atoms with Gasteiger partial charge in [-0.15, -0.1) is 0 Å². The van der Waals surface area contributed by atoms with Gasteiger partial charge in [-0.2, -0.15) is 0 Å². The predicted molar refractivity (Wildman–Crippen MR) is 171 cm³/mol. The number of anilines is 2. The number of nitrogens with zero attached hydrogens (tertiary/aromatic N) is 1. The fourth-order valence-corrected chi connectivity index (χ4v) is 4.51. The molecule has 0 atom stereocenters. The van der Waals surface area contributed by atoms with E-state index >= 15 is 0 Å². The Morgan fingerprint density at radius 2 is 1.83 bits per heavy atom. The van der Waals surface area contributed by atoms with Crippen LogP contribution in [0.5, 0.6) is 0 Å². The van der Waals surface area contributed by atoms with Crippen molar-refractivity contribution in [1.82, 2.24) is 10.3 Å². The molecule has 7 heteroatoms. The maximum absolute atomic E-state index is 13.3. The summed E-state index contributed by atoms with van der Waals surface area (Å²) in [6.07, 6.45) is 16.3. The number of amides is 2. The maximum atomic E-state index is 13.3. The first-order valence-electron chi connectivity index (χ1n) is 15.0. The number of aromatic nitrogens is 1. The fourth-order valence-electron chi connectivity index (χ4n) is 4.51. The predicted octanol–water partition coefficient (Wildman–Crippen LogP) is 7.35. The zero-order chi connectivity index (χ0) is 30.4. The van der Waals surface area contributed by atoms with E-state index in [4.69, 9.17) is 4.74 Å². The molecule has 0 radical (unpaired) electrons. The van der Waals surface area contributed by atoms with Crippen molar-refractivity contribution in [2.75, 3.05) is 30.3 Å². The minimum absolute atomic E-state index is 0.0745. The Morgan fingerprint density at radius 1 is 1.12 bits per heavy atom. The number of aryl methyl sites for hydroxylation is 1. The van der Waals surface area contributed by atoms with Gasteiger partial charge in [0, 0.05) is 5.57 Å². The molecular weight excluding hydrogens is 512 g/mol. The molecular formula is C34H50N4O3. The minimum atomic E-state index is -0.258. The van der Waals surface area contributed by atoms with E-state index in [1.54, 1.807) is 18.3 Å². The standard InChI is InChI=1S/C31H42N4O3.C3H8/c1-7-23(25-11-14-31(38-20-25)12-10-13-31)15-26(21(4)5)16-24(8-2)30(37)35-28-17-27(18-33-22(28)6)34-29(36)19-32-9-3;1-3-2/h8,11,15-18,32H,4,7,9-10,12-14,19-20H2,1-3,5-6H3,(H,34,36)(H,35,37);3H2,1-2H3/b23-15+,24-8+,26-16-;. The van der Waals surface area contributed by atoms with Crippen LogP contribution in [0.3, 0.4) is 0 Å². The van der Waals surface area contributed by atoms with Crippen molar-refractivity contribution in [1.29, 1.82) is 0 Å². The van der Waals surface area contributed by atoms with E-state index in [9.17, 15) is 9.59 Å². The molecule has 0 saturated heterocycles. The summed E-state index contributed by atoms with van der Waals surface area (Å²) in [7, 11) is 0. The lowest BCUT2D eigenvalue weighted by Crippen LogP contribution is -2.42. The van der Waals surface area contributed by atoms with Crippen molar-refractivity contribution in [2.24, 2.45) is 0 Å². The zero-order valence-electron chi connectivity index (χ0n) is 26.2. The van der Waals surface area contributed by atoms with Gasteiger partial charge < -0.3 is 20.7 Å². The molecule has 2 aliphatic rings. The second-order valence-corrected chi connectivity index (χ2v) is 10.8. The molecule has 0 bridgehead atoms. The lowest BCUT2D eigenvalue weighted by atomic mass is 9.75. The van der Waals surface area contributed by atoms with Gasteiger partial charge >= 0.3 is 0 Å². The summed E-state index contributed by atoms with van der Waals surface area (Å²) in [6.45, 7) is 19.6. The van der Waals surface area contributed by atoms with Crippen molar-refractivity contribution in [3.8, 4) is 0 Å². The van der Waals surface area contributed by atoms with Crippen LogP contribution >= 0.6 is 0 Å². The van der Waals surface area contributed by atoms with Gasteiger partial charge in [0.1, 0.15) is 0 Å². The maximum Gasteiger partial charge on any atom is 0.255 e. The van der Waals surface area contributed by atoms with Gasteiger partial charge in [0.05, 0.1) is 42.0 Å². The Morgan fingerprint density at radius 3 is 2.34 bits per heavy atom. The average Bonchev–Trinajstić information content (AvgIpc) is 2.93. The van der Waals surface area contributed by atoms with Gasteiger partial charge in [-0.05, 0) is 88.3 Å².